The maximum Gasteiger partial charge on any atom is 0.164 e. The van der Waals surface area contributed by atoms with Gasteiger partial charge < -0.3 is 18.6 Å². The number of nitrogens with zero attached hydrogens (tertiary/aromatic N) is 7. The fourth-order valence-corrected chi connectivity index (χ4v) is 13.3. The van der Waals surface area contributed by atoms with Gasteiger partial charge in [0, 0.05) is 83.4 Å². The predicted molar refractivity (Wildman–Crippen MR) is 338 cm³/mol. The van der Waals surface area contributed by atoms with Gasteiger partial charge in [0.2, 0.25) is 0 Å². The summed E-state index contributed by atoms with van der Waals surface area (Å²) < 4.78 is 7.32. The Labute approximate surface area is 472 Å². The molecule has 0 fully saturated rings. The van der Waals surface area contributed by atoms with E-state index < -0.39 is 0 Å². The summed E-state index contributed by atoms with van der Waals surface area (Å²) in [5.41, 5.74) is 19.1. The molecule has 0 amide bonds. The van der Waals surface area contributed by atoms with Gasteiger partial charge in [-0.3, -0.25) is 0 Å². The molecule has 2 atom stereocenters. The van der Waals surface area contributed by atoms with E-state index in [-0.39, 0.29) is 12.0 Å². The van der Waals surface area contributed by atoms with Crippen molar-refractivity contribution in [2.45, 2.75) is 12.0 Å². The molecule has 7 heteroatoms. The average molecular weight is 1050 g/mol. The molecule has 2 aliphatic rings. The number of rotatable bonds is 8. The molecular formula is C75H49N7. The maximum absolute atomic E-state index is 5.07. The normalized spacial score (nSPS) is 14.7. The minimum atomic E-state index is 0.184. The van der Waals surface area contributed by atoms with E-state index >= 15 is 0 Å². The van der Waals surface area contributed by atoms with Crippen LogP contribution in [-0.4, -0.2) is 34.7 Å². The number of fused-ring (bicyclic) bond motifs is 12. The van der Waals surface area contributed by atoms with Gasteiger partial charge in [0.05, 0.1) is 39.1 Å². The number of allylic oxidation sites excluding steroid dienone is 2. The van der Waals surface area contributed by atoms with Crippen molar-refractivity contribution in [1.29, 1.82) is 0 Å². The van der Waals surface area contributed by atoms with E-state index in [1.807, 2.05) is 60.7 Å². The molecule has 1 aliphatic heterocycles. The van der Waals surface area contributed by atoms with Gasteiger partial charge in [-0.25, -0.2) is 15.0 Å². The Morgan fingerprint density at radius 1 is 0.268 bits per heavy atom. The Balaban J connectivity index is 0.854. The molecular weight excluding hydrogens is 999 g/mol. The lowest BCUT2D eigenvalue weighted by molar-refractivity contribution is 0.745. The average Bonchev–Trinajstić information content (AvgIpc) is 4.31. The van der Waals surface area contributed by atoms with Crippen LogP contribution in [0.3, 0.4) is 0 Å². The highest BCUT2D eigenvalue weighted by Gasteiger charge is 2.37. The summed E-state index contributed by atoms with van der Waals surface area (Å²) in [6.45, 7) is 0. The molecule has 0 radical (unpaired) electrons. The summed E-state index contributed by atoms with van der Waals surface area (Å²) in [7, 11) is 0. The fraction of sp³-hybridized carbons (Fsp3) is 0.0267. The molecule has 7 nitrogen and oxygen atoms in total. The Kier molecular flexibility index (Phi) is 10.3. The van der Waals surface area contributed by atoms with Crippen LogP contribution < -0.4 is 4.90 Å². The van der Waals surface area contributed by atoms with Gasteiger partial charge in [-0.15, -0.1) is 0 Å². The van der Waals surface area contributed by atoms with Crippen LogP contribution in [0.15, 0.2) is 285 Å². The molecule has 0 spiro atoms. The Hall–Kier alpha value is -10.9. The summed E-state index contributed by atoms with van der Waals surface area (Å²) in [5.74, 6) is 2.18. The highest BCUT2D eigenvalue weighted by molar-refractivity contribution is 6.15. The van der Waals surface area contributed by atoms with Crippen molar-refractivity contribution < 1.29 is 0 Å². The Morgan fingerprint density at radius 2 is 0.683 bits per heavy atom. The van der Waals surface area contributed by atoms with Crippen LogP contribution in [0.5, 0.6) is 0 Å². The van der Waals surface area contributed by atoms with Crippen LogP contribution >= 0.6 is 0 Å². The predicted octanol–water partition coefficient (Wildman–Crippen LogP) is 18.6. The molecule has 384 valence electrons. The largest absolute Gasteiger partial charge is 0.333 e. The van der Waals surface area contributed by atoms with Crippen molar-refractivity contribution in [3.05, 3.63) is 291 Å². The van der Waals surface area contributed by atoms with E-state index in [4.69, 9.17) is 15.0 Å². The molecule has 0 bridgehead atoms. The first kappa shape index (κ1) is 46.1. The highest BCUT2D eigenvalue weighted by Crippen LogP contribution is 2.49. The topological polar surface area (TPSA) is 56.7 Å². The first-order valence-corrected chi connectivity index (χ1v) is 28.1. The van der Waals surface area contributed by atoms with E-state index in [1.54, 1.807) is 0 Å². The van der Waals surface area contributed by atoms with Gasteiger partial charge in [0.1, 0.15) is 0 Å². The molecule has 11 aromatic carbocycles. The summed E-state index contributed by atoms with van der Waals surface area (Å²) in [6.07, 6.45) is 9.12. The number of benzene rings is 11. The fourth-order valence-electron chi connectivity index (χ4n) is 13.3. The first-order valence-electron chi connectivity index (χ1n) is 28.1. The molecule has 2 unspecified atom stereocenters. The van der Waals surface area contributed by atoms with E-state index in [2.05, 4.69) is 243 Å². The number of anilines is 2. The van der Waals surface area contributed by atoms with Crippen molar-refractivity contribution in [3.8, 4) is 62.4 Å². The van der Waals surface area contributed by atoms with Crippen LogP contribution in [0.4, 0.5) is 11.4 Å². The molecule has 1 aliphatic carbocycles. The molecule has 0 N–H and O–H groups in total. The summed E-state index contributed by atoms with van der Waals surface area (Å²) in [4.78, 5) is 17.6. The maximum atomic E-state index is 5.07. The second-order valence-corrected chi connectivity index (χ2v) is 21.5. The van der Waals surface area contributed by atoms with Gasteiger partial charge >= 0.3 is 0 Å². The molecule has 0 saturated heterocycles. The van der Waals surface area contributed by atoms with Gasteiger partial charge in [-0.05, 0) is 120 Å². The lowest BCUT2D eigenvalue weighted by Gasteiger charge is -2.28. The van der Waals surface area contributed by atoms with Crippen LogP contribution in [0.2, 0.25) is 0 Å². The molecule has 0 saturated carbocycles. The summed E-state index contributed by atoms with van der Waals surface area (Å²) >= 11 is 0. The molecule has 4 aromatic heterocycles. The number of hydrogen-bond donors (Lipinski definition) is 0. The molecule has 82 heavy (non-hydrogen) atoms. The van der Waals surface area contributed by atoms with E-state index in [9.17, 15) is 0 Å². The van der Waals surface area contributed by atoms with Gasteiger partial charge in [-0.1, -0.05) is 182 Å². The van der Waals surface area contributed by atoms with Crippen molar-refractivity contribution in [2.24, 2.45) is 0 Å². The number of aromatic nitrogens is 6. The lowest BCUT2D eigenvalue weighted by Crippen LogP contribution is -2.28. The number of hydrogen-bond acceptors (Lipinski definition) is 4. The SMILES string of the molecule is C1=CC2c3ccccc3N(c3ccc4c(c3)c3cc(-n5c6ccccc6c6ccccc65)ccc3n4-c3ccc4c(c3)c3ccc(-c5ccccc5)cc3n4-c3ccc(-c4nc(-c5ccccc5)nc(-c5ccccc5)n4)cc3)C2C=C1. The third-order valence-electron chi connectivity index (χ3n) is 17.0. The monoisotopic (exact) mass is 1050 g/mol. The minimum absolute atomic E-state index is 0.184. The van der Waals surface area contributed by atoms with Gasteiger partial charge in [0.15, 0.2) is 17.5 Å². The Morgan fingerprint density at radius 3 is 1.28 bits per heavy atom. The summed E-state index contributed by atoms with van der Waals surface area (Å²) in [5, 5.41) is 7.23. The van der Waals surface area contributed by atoms with Crippen molar-refractivity contribution >= 4 is 76.8 Å². The second kappa shape index (κ2) is 18.3. The van der Waals surface area contributed by atoms with Crippen molar-refractivity contribution in [1.82, 2.24) is 28.7 Å². The standard InChI is InChI=1S/C75H49N7/c1-4-18-48(19-5-1)52-34-40-61-62-45-54(37-41-69(62)79(72(61)44-52)53-35-32-51(33-36-53)75-77-73(49-20-6-2-7-21-49)76-74(78-75)50-22-8-3-9-23-50)82-70-42-38-55(80-65-28-14-10-24-57(65)58-25-11-15-29-66(58)80)46-63(70)64-47-56(39-43-71(64)82)81-67-30-16-12-26-59(67)60-27-13-17-31-68(60)81/h1-47,57,65H. The van der Waals surface area contributed by atoms with Gasteiger partial charge in [-0.2, -0.15) is 0 Å². The van der Waals surface area contributed by atoms with Crippen molar-refractivity contribution in [2.75, 3.05) is 4.90 Å². The van der Waals surface area contributed by atoms with E-state index in [0.29, 0.717) is 17.5 Å². The van der Waals surface area contributed by atoms with Gasteiger partial charge in [0.25, 0.3) is 0 Å². The third kappa shape index (κ3) is 7.19. The van der Waals surface area contributed by atoms with Crippen LogP contribution in [0.25, 0.3) is 128 Å². The quantitative estimate of drug-likeness (QED) is 0.152. The zero-order chi connectivity index (χ0) is 53.8. The number of para-hydroxylation sites is 3. The lowest BCUT2D eigenvalue weighted by atomic mass is 9.91. The van der Waals surface area contributed by atoms with Crippen molar-refractivity contribution in [3.63, 3.8) is 0 Å². The summed E-state index contributed by atoms with van der Waals surface area (Å²) in [6, 6.07) is 94.4. The zero-order valence-electron chi connectivity index (χ0n) is 44.4. The minimum Gasteiger partial charge on any atom is -0.333 e. The second-order valence-electron chi connectivity index (χ2n) is 21.5. The third-order valence-corrected chi connectivity index (χ3v) is 17.0. The van der Waals surface area contributed by atoms with Crippen LogP contribution in [0.1, 0.15) is 11.5 Å². The highest BCUT2D eigenvalue weighted by atomic mass is 15.2. The molecule has 15 aromatic rings. The van der Waals surface area contributed by atoms with Crippen LogP contribution in [0, 0.1) is 0 Å². The smallest absolute Gasteiger partial charge is 0.164 e. The molecule has 5 heterocycles. The Bertz CT molecular complexity index is 5000. The zero-order valence-corrected chi connectivity index (χ0v) is 44.4. The molecule has 17 rings (SSSR count). The van der Waals surface area contributed by atoms with E-state index in [0.717, 1.165) is 61.4 Å². The first-order chi connectivity index (χ1) is 40.7. The van der Waals surface area contributed by atoms with Crippen LogP contribution in [-0.2, 0) is 0 Å². The van der Waals surface area contributed by atoms with E-state index in [1.165, 1.54) is 65.9 Å².